The van der Waals surface area contributed by atoms with Crippen molar-refractivity contribution in [1.82, 2.24) is 0 Å². The summed E-state index contributed by atoms with van der Waals surface area (Å²) in [5.41, 5.74) is 3.92. The topological polar surface area (TPSA) is 3.24 Å². The molecular weight excluding hydrogens is 266 g/mol. The Morgan fingerprint density at radius 1 is 0.682 bits per heavy atom. The van der Waals surface area contributed by atoms with Crippen molar-refractivity contribution in [2.45, 2.75) is 19.5 Å². The molecule has 3 aromatic carbocycles. The highest BCUT2D eigenvalue weighted by atomic mass is 15.2. The fourth-order valence-electron chi connectivity index (χ4n) is 2.76. The zero-order chi connectivity index (χ0) is 15.2. The highest BCUT2D eigenvalue weighted by molar-refractivity contribution is 5.49. The van der Waals surface area contributed by atoms with E-state index in [2.05, 4.69) is 103 Å². The molecule has 0 unspecified atom stereocenters. The highest BCUT2D eigenvalue weighted by Crippen LogP contribution is 2.28. The van der Waals surface area contributed by atoms with Gasteiger partial charge >= 0.3 is 0 Å². The lowest BCUT2D eigenvalue weighted by Gasteiger charge is -2.32. The largest absolute Gasteiger partial charge is 0.360 e. The van der Waals surface area contributed by atoms with Gasteiger partial charge in [0.05, 0.1) is 6.04 Å². The molecule has 0 saturated heterocycles. The summed E-state index contributed by atoms with van der Waals surface area (Å²) in [5, 5.41) is 0. The van der Waals surface area contributed by atoms with Crippen molar-refractivity contribution in [3.05, 3.63) is 102 Å². The third kappa shape index (κ3) is 3.37. The molecule has 1 atom stereocenters. The first-order valence-electron chi connectivity index (χ1n) is 7.75. The van der Waals surface area contributed by atoms with Gasteiger partial charge in [-0.05, 0) is 30.2 Å². The van der Waals surface area contributed by atoms with Gasteiger partial charge in [0.15, 0.2) is 0 Å². The molecule has 110 valence electrons. The lowest BCUT2D eigenvalue weighted by Crippen LogP contribution is -2.26. The van der Waals surface area contributed by atoms with Crippen molar-refractivity contribution in [1.29, 1.82) is 0 Å². The van der Waals surface area contributed by atoms with Crippen LogP contribution in [0.1, 0.15) is 24.1 Å². The maximum Gasteiger partial charge on any atom is 0.0518 e. The molecule has 0 radical (unpaired) electrons. The van der Waals surface area contributed by atoms with Crippen molar-refractivity contribution in [3.8, 4) is 0 Å². The lowest BCUT2D eigenvalue weighted by atomic mass is 10.0. The van der Waals surface area contributed by atoms with Gasteiger partial charge in [-0.2, -0.15) is 0 Å². The molecule has 0 amide bonds. The van der Waals surface area contributed by atoms with E-state index >= 15 is 0 Å². The van der Waals surface area contributed by atoms with Crippen LogP contribution in [0.3, 0.4) is 0 Å². The van der Waals surface area contributed by atoms with Crippen LogP contribution in [-0.2, 0) is 6.54 Å². The maximum absolute atomic E-state index is 2.45. The van der Waals surface area contributed by atoms with Gasteiger partial charge in [-0.3, -0.25) is 0 Å². The molecular formula is C21H21N. The number of rotatable bonds is 5. The van der Waals surface area contributed by atoms with Crippen molar-refractivity contribution in [3.63, 3.8) is 0 Å². The Kier molecular flexibility index (Phi) is 4.55. The van der Waals surface area contributed by atoms with Gasteiger partial charge in [-0.1, -0.05) is 78.9 Å². The van der Waals surface area contributed by atoms with Gasteiger partial charge in [0, 0.05) is 12.2 Å². The third-order valence-electron chi connectivity index (χ3n) is 4.03. The summed E-state index contributed by atoms with van der Waals surface area (Å²) in [4.78, 5) is 2.45. The lowest BCUT2D eigenvalue weighted by molar-refractivity contribution is 0.669. The van der Waals surface area contributed by atoms with E-state index < -0.39 is 0 Å². The smallest absolute Gasteiger partial charge is 0.0518 e. The SMILES string of the molecule is C[C@@H](c1ccccc1)N(Cc1ccccc1)c1ccccc1. The molecule has 0 bridgehead atoms. The summed E-state index contributed by atoms with van der Waals surface area (Å²) in [6.07, 6.45) is 0. The summed E-state index contributed by atoms with van der Waals surface area (Å²) in [7, 11) is 0. The third-order valence-corrected chi connectivity index (χ3v) is 4.03. The normalized spacial score (nSPS) is 11.9. The summed E-state index contributed by atoms with van der Waals surface area (Å²) < 4.78 is 0. The molecule has 3 aromatic rings. The number of para-hydroxylation sites is 1. The molecule has 0 aliphatic heterocycles. The van der Waals surface area contributed by atoms with Crippen LogP contribution in [0.5, 0.6) is 0 Å². The monoisotopic (exact) mass is 287 g/mol. The Morgan fingerprint density at radius 3 is 1.77 bits per heavy atom. The second-order valence-corrected chi connectivity index (χ2v) is 5.54. The van der Waals surface area contributed by atoms with Crippen molar-refractivity contribution in [2.24, 2.45) is 0 Å². The number of hydrogen-bond donors (Lipinski definition) is 0. The maximum atomic E-state index is 2.45. The Hall–Kier alpha value is -2.54. The van der Waals surface area contributed by atoms with Crippen LogP contribution in [0.25, 0.3) is 0 Å². The number of nitrogens with zero attached hydrogens (tertiary/aromatic N) is 1. The van der Waals surface area contributed by atoms with Crippen LogP contribution in [0, 0.1) is 0 Å². The molecule has 0 N–H and O–H groups in total. The summed E-state index contributed by atoms with van der Waals surface area (Å²) in [5.74, 6) is 0. The number of benzene rings is 3. The molecule has 0 aromatic heterocycles. The molecule has 0 heterocycles. The average Bonchev–Trinajstić information content (AvgIpc) is 2.61. The fraction of sp³-hybridized carbons (Fsp3) is 0.143. The first kappa shape index (κ1) is 14.4. The number of anilines is 1. The van der Waals surface area contributed by atoms with Gasteiger partial charge in [-0.15, -0.1) is 0 Å². The Balaban J connectivity index is 1.93. The standard InChI is InChI=1S/C21H21N/c1-18(20-13-7-3-8-14-20)22(21-15-9-4-10-16-21)17-19-11-5-2-6-12-19/h2-16,18H,17H2,1H3/t18-/m0/s1. The second kappa shape index (κ2) is 6.95. The first-order valence-corrected chi connectivity index (χ1v) is 7.75. The highest BCUT2D eigenvalue weighted by Gasteiger charge is 2.16. The average molecular weight is 287 g/mol. The molecule has 0 aliphatic rings. The van der Waals surface area contributed by atoms with Crippen LogP contribution < -0.4 is 4.90 Å². The minimum absolute atomic E-state index is 0.323. The van der Waals surface area contributed by atoms with Crippen LogP contribution >= 0.6 is 0 Å². The molecule has 0 saturated carbocycles. The quantitative estimate of drug-likeness (QED) is 0.602. The van der Waals surface area contributed by atoms with E-state index in [-0.39, 0.29) is 0 Å². The Morgan fingerprint density at radius 2 is 1.18 bits per heavy atom. The molecule has 0 spiro atoms. The van der Waals surface area contributed by atoms with Crippen molar-refractivity contribution in [2.75, 3.05) is 4.90 Å². The van der Waals surface area contributed by atoms with Crippen molar-refractivity contribution >= 4 is 5.69 Å². The summed E-state index contributed by atoms with van der Waals surface area (Å²) in [6.45, 7) is 3.17. The predicted molar refractivity (Wildman–Crippen MR) is 93.9 cm³/mol. The Bertz CT molecular complexity index is 677. The van der Waals surface area contributed by atoms with Crippen molar-refractivity contribution < 1.29 is 0 Å². The zero-order valence-electron chi connectivity index (χ0n) is 12.9. The predicted octanol–water partition coefficient (Wildman–Crippen LogP) is 5.45. The van der Waals surface area contributed by atoms with E-state index in [1.54, 1.807) is 0 Å². The van der Waals surface area contributed by atoms with Gasteiger partial charge in [0.2, 0.25) is 0 Å². The van der Waals surface area contributed by atoms with E-state index in [1.807, 2.05) is 0 Å². The van der Waals surface area contributed by atoms with Crippen LogP contribution in [0.2, 0.25) is 0 Å². The van der Waals surface area contributed by atoms with E-state index in [4.69, 9.17) is 0 Å². The van der Waals surface area contributed by atoms with Gasteiger partial charge < -0.3 is 4.90 Å². The molecule has 0 aliphatic carbocycles. The van der Waals surface area contributed by atoms with Crippen LogP contribution in [0.4, 0.5) is 5.69 Å². The summed E-state index contributed by atoms with van der Waals surface area (Å²) >= 11 is 0. The molecule has 3 rings (SSSR count). The van der Waals surface area contributed by atoms with E-state index in [0.717, 1.165) is 6.54 Å². The Labute approximate surface area is 132 Å². The van der Waals surface area contributed by atoms with Gasteiger partial charge in [0.25, 0.3) is 0 Å². The fourth-order valence-corrected chi connectivity index (χ4v) is 2.76. The van der Waals surface area contributed by atoms with Gasteiger partial charge in [0.1, 0.15) is 0 Å². The molecule has 22 heavy (non-hydrogen) atoms. The summed E-state index contributed by atoms with van der Waals surface area (Å²) in [6, 6.07) is 32.3. The number of hydrogen-bond acceptors (Lipinski definition) is 1. The minimum Gasteiger partial charge on any atom is -0.360 e. The molecule has 1 heteroatoms. The second-order valence-electron chi connectivity index (χ2n) is 5.54. The van der Waals surface area contributed by atoms with E-state index in [1.165, 1.54) is 16.8 Å². The molecule has 1 nitrogen and oxygen atoms in total. The van der Waals surface area contributed by atoms with Crippen LogP contribution in [0.15, 0.2) is 91.0 Å². The first-order chi connectivity index (χ1) is 10.8. The van der Waals surface area contributed by atoms with Crippen LogP contribution in [-0.4, -0.2) is 0 Å². The van der Waals surface area contributed by atoms with Gasteiger partial charge in [-0.25, -0.2) is 0 Å². The van der Waals surface area contributed by atoms with E-state index in [0.29, 0.717) is 6.04 Å². The van der Waals surface area contributed by atoms with E-state index in [9.17, 15) is 0 Å². The minimum atomic E-state index is 0.323. The zero-order valence-corrected chi connectivity index (χ0v) is 12.9. The molecule has 0 fully saturated rings.